The van der Waals surface area contributed by atoms with E-state index in [-0.39, 0.29) is 17.7 Å². The molecule has 0 aliphatic rings. The molecule has 0 N–H and O–H groups in total. The third kappa shape index (κ3) is 6.29. The summed E-state index contributed by atoms with van der Waals surface area (Å²) < 4.78 is 27.1. The molecule has 0 aromatic heterocycles. The molecule has 1 unspecified atom stereocenters. The van der Waals surface area contributed by atoms with Crippen LogP contribution < -0.4 is 4.74 Å². The van der Waals surface area contributed by atoms with Gasteiger partial charge in [-0.1, -0.05) is 13.5 Å². The van der Waals surface area contributed by atoms with E-state index in [2.05, 4.69) is 11.3 Å². The van der Waals surface area contributed by atoms with Crippen LogP contribution >= 0.6 is 0 Å². The number of esters is 3. The monoisotopic (exact) mass is 324 g/mol. The minimum atomic E-state index is -1.20. The maximum atomic E-state index is 12.7. The molecule has 0 amide bonds. The average Bonchev–Trinajstić information content (AvgIpc) is 2.51. The fraction of sp³-hybridized carbons (Fsp3) is 0.312. The summed E-state index contributed by atoms with van der Waals surface area (Å²) >= 11 is 0. The first-order valence-corrected chi connectivity index (χ1v) is 6.82. The molecule has 0 saturated carbocycles. The summed E-state index contributed by atoms with van der Waals surface area (Å²) in [5, 5.41) is 0. The molecule has 0 fully saturated rings. The molecule has 1 rings (SSSR count). The lowest BCUT2D eigenvalue weighted by Gasteiger charge is -2.14. The van der Waals surface area contributed by atoms with Crippen LogP contribution in [0.4, 0.5) is 4.39 Å². The summed E-state index contributed by atoms with van der Waals surface area (Å²) in [5.41, 5.74) is 0.127. The van der Waals surface area contributed by atoms with E-state index in [4.69, 9.17) is 9.47 Å². The van der Waals surface area contributed by atoms with Crippen molar-refractivity contribution >= 4 is 17.9 Å². The van der Waals surface area contributed by atoms with Crippen molar-refractivity contribution in [3.8, 4) is 5.75 Å². The lowest BCUT2D eigenvalue weighted by atomic mass is 10.2. The van der Waals surface area contributed by atoms with Crippen LogP contribution in [0.25, 0.3) is 0 Å². The molecule has 1 aromatic rings. The van der Waals surface area contributed by atoms with E-state index in [9.17, 15) is 18.8 Å². The molecule has 0 spiro atoms. The lowest BCUT2D eigenvalue weighted by Crippen LogP contribution is -2.32. The number of halogens is 1. The van der Waals surface area contributed by atoms with Gasteiger partial charge in [-0.2, -0.15) is 0 Å². The van der Waals surface area contributed by atoms with Gasteiger partial charge in [-0.25, -0.2) is 18.8 Å². The average molecular weight is 324 g/mol. The van der Waals surface area contributed by atoms with E-state index in [0.29, 0.717) is 0 Å². The van der Waals surface area contributed by atoms with Gasteiger partial charge in [0, 0.05) is 5.57 Å². The molecule has 124 valence electrons. The summed E-state index contributed by atoms with van der Waals surface area (Å²) in [4.78, 5) is 34.6. The first kappa shape index (κ1) is 18.3. The van der Waals surface area contributed by atoms with Crippen LogP contribution in [0.15, 0.2) is 36.4 Å². The number of benzene rings is 1. The quantitative estimate of drug-likeness (QED) is 0.434. The Morgan fingerprint density at radius 2 is 1.83 bits per heavy atom. The summed E-state index contributed by atoms with van der Waals surface area (Å²) in [6.45, 7) is 5.88. The van der Waals surface area contributed by atoms with E-state index < -0.39 is 36.4 Å². The Labute approximate surface area is 132 Å². The van der Waals surface area contributed by atoms with Crippen molar-refractivity contribution in [3.63, 3.8) is 0 Å². The van der Waals surface area contributed by atoms with Crippen molar-refractivity contribution < 1.29 is 33.0 Å². The Hall–Kier alpha value is -2.70. The Morgan fingerprint density at radius 3 is 2.35 bits per heavy atom. The molecule has 0 saturated heterocycles. The second-order valence-electron chi connectivity index (χ2n) is 4.62. The summed E-state index contributed by atoms with van der Waals surface area (Å²) in [6.07, 6.45) is -1.06. The number of ether oxygens (including phenoxy) is 3. The van der Waals surface area contributed by atoms with Crippen LogP contribution in [-0.4, -0.2) is 30.6 Å². The highest BCUT2D eigenvalue weighted by Crippen LogP contribution is 2.11. The predicted molar refractivity (Wildman–Crippen MR) is 78.0 cm³/mol. The maximum absolute atomic E-state index is 12.7. The molecule has 1 atom stereocenters. The highest BCUT2D eigenvalue weighted by molar-refractivity contribution is 5.92. The van der Waals surface area contributed by atoms with Gasteiger partial charge < -0.3 is 14.2 Å². The van der Waals surface area contributed by atoms with E-state index in [1.54, 1.807) is 6.92 Å². The van der Waals surface area contributed by atoms with Crippen LogP contribution in [-0.2, 0) is 23.9 Å². The number of carbonyl (C=O) groups excluding carboxylic acids is 3. The maximum Gasteiger partial charge on any atom is 0.355 e. The first-order chi connectivity index (χ1) is 10.8. The van der Waals surface area contributed by atoms with Crippen LogP contribution in [0, 0.1) is 5.82 Å². The molecule has 7 heteroatoms. The highest BCUT2D eigenvalue weighted by Gasteiger charge is 2.25. The van der Waals surface area contributed by atoms with Crippen LogP contribution in [0.5, 0.6) is 5.75 Å². The minimum absolute atomic E-state index is 0.127. The standard InChI is InChI=1S/C16H17FO6/c1-4-13(22-15(19)10(2)3)16(20)23-14(18)9-21-12-7-5-11(17)6-8-12/h5-8,13H,2,4,9H2,1,3H3. The molecule has 0 radical (unpaired) electrons. The van der Waals surface area contributed by atoms with Gasteiger partial charge in [0.05, 0.1) is 0 Å². The fourth-order valence-electron chi connectivity index (χ4n) is 1.41. The van der Waals surface area contributed by atoms with Gasteiger partial charge >= 0.3 is 17.9 Å². The van der Waals surface area contributed by atoms with E-state index in [1.807, 2.05) is 0 Å². The van der Waals surface area contributed by atoms with Gasteiger partial charge in [0.2, 0.25) is 0 Å². The van der Waals surface area contributed by atoms with Gasteiger partial charge in [0.15, 0.2) is 12.7 Å². The third-order valence-electron chi connectivity index (χ3n) is 2.62. The second-order valence-corrected chi connectivity index (χ2v) is 4.62. The van der Waals surface area contributed by atoms with Crippen LogP contribution in [0.3, 0.4) is 0 Å². The molecule has 6 nitrogen and oxygen atoms in total. The predicted octanol–water partition coefficient (Wildman–Crippen LogP) is 2.17. The zero-order valence-electron chi connectivity index (χ0n) is 12.8. The Kier molecular flexibility index (Phi) is 6.92. The van der Waals surface area contributed by atoms with E-state index >= 15 is 0 Å². The van der Waals surface area contributed by atoms with Crippen LogP contribution in [0.1, 0.15) is 20.3 Å². The topological polar surface area (TPSA) is 78.9 Å². The lowest BCUT2D eigenvalue weighted by molar-refractivity contribution is -0.173. The smallest absolute Gasteiger partial charge is 0.355 e. The van der Waals surface area contributed by atoms with Gasteiger partial charge in [0.1, 0.15) is 11.6 Å². The largest absolute Gasteiger partial charge is 0.482 e. The van der Waals surface area contributed by atoms with Crippen molar-refractivity contribution in [2.45, 2.75) is 26.4 Å². The van der Waals surface area contributed by atoms with Gasteiger partial charge in [-0.3, -0.25) is 0 Å². The van der Waals surface area contributed by atoms with Gasteiger partial charge in [0.25, 0.3) is 0 Å². The zero-order valence-corrected chi connectivity index (χ0v) is 12.8. The van der Waals surface area contributed by atoms with E-state index in [1.165, 1.54) is 19.1 Å². The normalized spacial score (nSPS) is 11.3. The van der Waals surface area contributed by atoms with Crippen molar-refractivity contribution in [2.75, 3.05) is 6.61 Å². The Bertz CT molecular complexity index is 593. The van der Waals surface area contributed by atoms with Crippen molar-refractivity contribution in [1.82, 2.24) is 0 Å². The van der Waals surface area contributed by atoms with E-state index in [0.717, 1.165) is 12.1 Å². The molecule has 0 aliphatic carbocycles. The minimum Gasteiger partial charge on any atom is -0.482 e. The molecule has 0 bridgehead atoms. The molecule has 0 heterocycles. The second kappa shape index (κ2) is 8.67. The van der Waals surface area contributed by atoms with Crippen molar-refractivity contribution in [1.29, 1.82) is 0 Å². The number of carbonyl (C=O) groups is 3. The summed E-state index contributed by atoms with van der Waals surface area (Å²) in [6, 6.07) is 4.98. The van der Waals surface area contributed by atoms with Gasteiger partial charge in [-0.15, -0.1) is 0 Å². The number of hydrogen-bond acceptors (Lipinski definition) is 6. The number of hydrogen-bond donors (Lipinski definition) is 0. The fourth-order valence-corrected chi connectivity index (χ4v) is 1.41. The summed E-state index contributed by atoms with van der Waals surface area (Å²) in [7, 11) is 0. The van der Waals surface area contributed by atoms with Crippen molar-refractivity contribution in [2.24, 2.45) is 0 Å². The van der Waals surface area contributed by atoms with Crippen LogP contribution in [0.2, 0.25) is 0 Å². The molecular formula is C16H17FO6. The Morgan fingerprint density at radius 1 is 1.22 bits per heavy atom. The Balaban J connectivity index is 2.48. The first-order valence-electron chi connectivity index (χ1n) is 6.82. The molecule has 1 aromatic carbocycles. The summed E-state index contributed by atoms with van der Waals surface area (Å²) in [5.74, 6) is -2.89. The third-order valence-corrected chi connectivity index (χ3v) is 2.62. The molecular weight excluding hydrogens is 307 g/mol. The molecule has 0 aliphatic heterocycles. The SMILES string of the molecule is C=C(C)C(=O)OC(CC)C(=O)OC(=O)COc1ccc(F)cc1. The number of rotatable bonds is 7. The molecule has 23 heavy (non-hydrogen) atoms. The van der Waals surface area contributed by atoms with Crippen molar-refractivity contribution in [3.05, 3.63) is 42.2 Å². The van der Waals surface area contributed by atoms with Gasteiger partial charge in [-0.05, 0) is 37.6 Å². The highest BCUT2D eigenvalue weighted by atomic mass is 19.1. The zero-order chi connectivity index (χ0) is 17.4.